The van der Waals surface area contributed by atoms with Gasteiger partial charge in [0.2, 0.25) is 0 Å². The first-order valence-corrected chi connectivity index (χ1v) is 11.2. The number of hydrogen-bond donors (Lipinski definition) is 2. The molecule has 0 radical (unpaired) electrons. The lowest BCUT2D eigenvalue weighted by Gasteiger charge is -2.34. The Balaban J connectivity index is 0.00000320. The summed E-state index contributed by atoms with van der Waals surface area (Å²) in [6.45, 7) is 7.65. The van der Waals surface area contributed by atoms with E-state index in [9.17, 15) is 4.39 Å². The number of piperidine rings is 1. The maximum atomic E-state index is 13.0. The van der Waals surface area contributed by atoms with E-state index in [4.69, 9.17) is 4.99 Å². The van der Waals surface area contributed by atoms with Gasteiger partial charge >= 0.3 is 0 Å². The molecule has 0 saturated carbocycles. The molecule has 2 N–H and O–H groups in total. The van der Waals surface area contributed by atoms with Gasteiger partial charge in [-0.3, -0.25) is 4.99 Å². The van der Waals surface area contributed by atoms with Gasteiger partial charge in [-0.2, -0.15) is 0 Å². The van der Waals surface area contributed by atoms with Gasteiger partial charge in [0, 0.05) is 42.0 Å². The number of halogens is 2. The molecule has 8 heteroatoms. The molecule has 30 heavy (non-hydrogen) atoms. The Hall–Kier alpha value is -1.55. The highest BCUT2D eigenvalue weighted by atomic mass is 127. The summed E-state index contributed by atoms with van der Waals surface area (Å²) < 4.78 is 13.0. The second-order valence-corrected chi connectivity index (χ2v) is 8.27. The first-order chi connectivity index (χ1) is 14.1. The van der Waals surface area contributed by atoms with Gasteiger partial charge in [0.25, 0.3) is 0 Å². The highest BCUT2D eigenvalue weighted by Crippen LogP contribution is 2.19. The lowest BCUT2D eigenvalue weighted by molar-refractivity contribution is 0.459. The number of nitrogens with one attached hydrogen (secondary N) is 2. The van der Waals surface area contributed by atoms with Gasteiger partial charge < -0.3 is 15.5 Å². The standard InChI is InChI=1S/C22H30FN5S.HI/c1-3-24-22(25-13-16-29-20-9-7-18(23)8-10-20)27-19-11-14-28(15-12-19)21-6-4-5-17(2)26-21;/h4-10,19H,3,11-16H2,1-2H3,(H2,24,25,27);1H. The van der Waals surface area contributed by atoms with Crippen molar-refractivity contribution in [1.82, 2.24) is 15.6 Å². The van der Waals surface area contributed by atoms with Crippen molar-refractivity contribution < 1.29 is 4.39 Å². The Morgan fingerprint density at radius 2 is 1.93 bits per heavy atom. The number of nitrogens with zero attached hydrogens (tertiary/aromatic N) is 3. The van der Waals surface area contributed by atoms with Gasteiger partial charge in [0.05, 0.1) is 6.54 Å². The van der Waals surface area contributed by atoms with Gasteiger partial charge in [-0.15, -0.1) is 35.7 Å². The number of aryl methyl sites for hydroxylation is 1. The van der Waals surface area contributed by atoms with Crippen LogP contribution in [0, 0.1) is 12.7 Å². The molecule has 0 bridgehead atoms. The van der Waals surface area contributed by atoms with Crippen molar-refractivity contribution in [3.63, 3.8) is 0 Å². The van der Waals surface area contributed by atoms with Gasteiger partial charge in [-0.05, 0) is 63.1 Å². The van der Waals surface area contributed by atoms with Crippen LogP contribution in [-0.2, 0) is 0 Å². The summed E-state index contributed by atoms with van der Waals surface area (Å²) >= 11 is 1.69. The number of aliphatic imine (C=N–C) groups is 1. The average molecular weight is 543 g/mol. The van der Waals surface area contributed by atoms with Gasteiger partial charge in [-0.25, -0.2) is 9.37 Å². The molecule has 1 aliphatic rings. The summed E-state index contributed by atoms with van der Waals surface area (Å²) in [7, 11) is 0. The van der Waals surface area contributed by atoms with Gasteiger partial charge in [0.15, 0.2) is 5.96 Å². The molecule has 2 aromatic rings. The molecule has 0 amide bonds. The number of pyridine rings is 1. The number of rotatable bonds is 7. The molecular weight excluding hydrogens is 512 g/mol. The molecule has 5 nitrogen and oxygen atoms in total. The Morgan fingerprint density at radius 3 is 2.60 bits per heavy atom. The molecule has 1 aromatic heterocycles. The second kappa shape index (κ2) is 13.0. The van der Waals surface area contributed by atoms with Crippen molar-refractivity contribution in [1.29, 1.82) is 0 Å². The molecule has 1 aliphatic heterocycles. The van der Waals surface area contributed by atoms with Crippen molar-refractivity contribution in [3.8, 4) is 0 Å². The third-order valence-electron chi connectivity index (χ3n) is 4.82. The first-order valence-electron chi connectivity index (χ1n) is 10.3. The third kappa shape index (κ3) is 7.94. The van der Waals surface area contributed by atoms with E-state index < -0.39 is 0 Å². The number of thioether (sulfide) groups is 1. The van der Waals surface area contributed by atoms with Crippen molar-refractivity contribution >= 4 is 47.5 Å². The van der Waals surface area contributed by atoms with Crippen LogP contribution in [0.5, 0.6) is 0 Å². The zero-order valence-corrected chi connectivity index (χ0v) is 20.8. The number of anilines is 1. The van der Waals surface area contributed by atoms with E-state index in [-0.39, 0.29) is 29.8 Å². The van der Waals surface area contributed by atoms with E-state index in [0.29, 0.717) is 12.6 Å². The van der Waals surface area contributed by atoms with Crippen LogP contribution in [0.3, 0.4) is 0 Å². The molecule has 164 valence electrons. The molecular formula is C22H31FIN5S. The normalized spacial score (nSPS) is 14.9. The minimum Gasteiger partial charge on any atom is -0.357 e. The van der Waals surface area contributed by atoms with Crippen LogP contribution in [-0.4, -0.2) is 48.9 Å². The fourth-order valence-electron chi connectivity index (χ4n) is 3.32. The molecule has 1 saturated heterocycles. The minimum atomic E-state index is -0.199. The average Bonchev–Trinajstić information content (AvgIpc) is 2.73. The number of aromatic nitrogens is 1. The minimum absolute atomic E-state index is 0. The lowest BCUT2D eigenvalue weighted by Crippen LogP contribution is -2.49. The summed E-state index contributed by atoms with van der Waals surface area (Å²) in [5.41, 5.74) is 1.06. The molecule has 0 atom stereocenters. The Bertz CT molecular complexity index is 794. The van der Waals surface area contributed by atoms with E-state index in [1.165, 1.54) is 12.1 Å². The quantitative estimate of drug-likeness (QED) is 0.178. The monoisotopic (exact) mass is 543 g/mol. The van der Waals surface area contributed by atoms with Crippen molar-refractivity contribution in [2.75, 3.05) is 36.8 Å². The maximum Gasteiger partial charge on any atom is 0.191 e. The van der Waals surface area contributed by atoms with E-state index in [0.717, 1.165) is 60.6 Å². The highest BCUT2D eigenvalue weighted by Gasteiger charge is 2.20. The lowest BCUT2D eigenvalue weighted by atomic mass is 10.1. The van der Waals surface area contributed by atoms with E-state index in [1.807, 2.05) is 25.1 Å². The fourth-order valence-corrected chi connectivity index (χ4v) is 4.07. The van der Waals surface area contributed by atoms with Crippen molar-refractivity contribution in [2.24, 2.45) is 4.99 Å². The predicted octanol–water partition coefficient (Wildman–Crippen LogP) is 4.46. The zero-order valence-electron chi connectivity index (χ0n) is 17.6. The third-order valence-corrected chi connectivity index (χ3v) is 5.81. The van der Waals surface area contributed by atoms with Crippen LogP contribution in [0.1, 0.15) is 25.5 Å². The van der Waals surface area contributed by atoms with Gasteiger partial charge in [-0.1, -0.05) is 6.07 Å². The highest BCUT2D eigenvalue weighted by molar-refractivity contribution is 14.0. The maximum absolute atomic E-state index is 13.0. The van der Waals surface area contributed by atoms with E-state index >= 15 is 0 Å². The summed E-state index contributed by atoms with van der Waals surface area (Å²) in [6, 6.07) is 13.2. The number of guanidine groups is 1. The smallest absolute Gasteiger partial charge is 0.191 e. The predicted molar refractivity (Wildman–Crippen MR) is 136 cm³/mol. The Kier molecular flexibility index (Phi) is 10.7. The molecule has 0 spiro atoms. The van der Waals surface area contributed by atoms with Gasteiger partial charge in [0.1, 0.15) is 11.6 Å². The molecule has 0 aliphatic carbocycles. The Morgan fingerprint density at radius 1 is 1.20 bits per heavy atom. The van der Waals surface area contributed by atoms with Crippen LogP contribution in [0.15, 0.2) is 52.4 Å². The largest absolute Gasteiger partial charge is 0.357 e. The second-order valence-electron chi connectivity index (χ2n) is 7.11. The van der Waals surface area contributed by atoms with Crippen LogP contribution in [0.25, 0.3) is 0 Å². The number of hydrogen-bond acceptors (Lipinski definition) is 4. The molecule has 3 rings (SSSR count). The molecule has 0 unspecified atom stereocenters. The number of benzene rings is 1. The SMILES string of the molecule is CCNC(=NCCSc1ccc(F)cc1)NC1CCN(c2cccc(C)n2)CC1.I. The summed E-state index contributed by atoms with van der Waals surface area (Å²) in [5, 5.41) is 6.92. The molecule has 1 fully saturated rings. The van der Waals surface area contributed by atoms with Crippen LogP contribution in [0.2, 0.25) is 0 Å². The summed E-state index contributed by atoms with van der Waals surface area (Å²) in [6.07, 6.45) is 2.12. The van der Waals surface area contributed by atoms with Crippen molar-refractivity contribution in [2.45, 2.75) is 37.6 Å². The molecule has 1 aromatic carbocycles. The zero-order chi connectivity index (χ0) is 20.5. The summed E-state index contributed by atoms with van der Waals surface area (Å²) in [5.74, 6) is 2.61. The fraction of sp³-hybridized carbons (Fsp3) is 0.455. The van der Waals surface area contributed by atoms with Crippen LogP contribution in [0.4, 0.5) is 10.2 Å². The van der Waals surface area contributed by atoms with E-state index in [1.54, 1.807) is 11.8 Å². The summed E-state index contributed by atoms with van der Waals surface area (Å²) in [4.78, 5) is 12.8. The van der Waals surface area contributed by atoms with E-state index in [2.05, 4.69) is 39.6 Å². The van der Waals surface area contributed by atoms with Crippen LogP contribution >= 0.6 is 35.7 Å². The molecule has 2 heterocycles. The van der Waals surface area contributed by atoms with Crippen LogP contribution < -0.4 is 15.5 Å². The Labute approximate surface area is 200 Å². The topological polar surface area (TPSA) is 52.6 Å². The van der Waals surface area contributed by atoms with Crippen molar-refractivity contribution in [3.05, 3.63) is 54.0 Å². The first kappa shape index (κ1) is 24.7.